The van der Waals surface area contributed by atoms with Gasteiger partial charge in [0.25, 0.3) is 0 Å². The van der Waals surface area contributed by atoms with Crippen LogP contribution in [0.5, 0.6) is 0 Å². The van der Waals surface area contributed by atoms with E-state index < -0.39 is 43.1 Å². The van der Waals surface area contributed by atoms with E-state index in [9.17, 15) is 29.7 Å². The number of rotatable bonds is 8. The SMILES string of the molecule is CC(=O)N[C@H]1C(NC(=O)CCCC[C@@H]2SC[C@@H]3NC(=O)N[C@@H]32)O[C@H](CO)[C@@H](O)[C@@H]1O. The molecule has 0 aliphatic carbocycles. The van der Waals surface area contributed by atoms with Crippen molar-refractivity contribution in [1.82, 2.24) is 21.3 Å². The Morgan fingerprint density at radius 1 is 1.20 bits per heavy atom. The Bertz CT molecular complexity index is 654. The normalized spacial score (nSPS) is 37.8. The number of urea groups is 1. The van der Waals surface area contributed by atoms with E-state index in [0.717, 1.165) is 18.6 Å². The smallest absolute Gasteiger partial charge is 0.315 e. The van der Waals surface area contributed by atoms with E-state index >= 15 is 0 Å². The van der Waals surface area contributed by atoms with Crippen LogP contribution in [-0.4, -0.2) is 93.4 Å². The van der Waals surface area contributed by atoms with Crippen LogP contribution >= 0.6 is 11.8 Å². The van der Waals surface area contributed by atoms with Crippen LogP contribution in [0.2, 0.25) is 0 Å². The number of unbranched alkanes of at least 4 members (excludes halogenated alkanes) is 1. The first-order chi connectivity index (χ1) is 14.3. The molecule has 0 bridgehead atoms. The summed E-state index contributed by atoms with van der Waals surface area (Å²) in [6.07, 6.45) is -2.37. The van der Waals surface area contributed by atoms with Crippen LogP contribution in [0.25, 0.3) is 0 Å². The quantitative estimate of drug-likeness (QED) is 0.162. The second-order valence-corrected chi connectivity index (χ2v) is 9.19. The van der Waals surface area contributed by atoms with Crippen LogP contribution < -0.4 is 21.3 Å². The van der Waals surface area contributed by atoms with Gasteiger partial charge in [0.1, 0.15) is 24.4 Å². The number of hydrogen-bond donors (Lipinski definition) is 7. The molecular weight excluding hydrogens is 416 g/mol. The molecule has 0 spiro atoms. The van der Waals surface area contributed by atoms with Crippen LogP contribution in [0, 0.1) is 0 Å². The fourth-order valence-electron chi connectivity index (χ4n) is 4.14. The fraction of sp³-hybridized carbons (Fsp3) is 0.833. The summed E-state index contributed by atoms with van der Waals surface area (Å²) in [5, 5.41) is 40.9. The minimum Gasteiger partial charge on any atom is -0.394 e. The minimum atomic E-state index is -1.40. The predicted molar refractivity (Wildman–Crippen MR) is 107 cm³/mol. The standard InChI is InChI=1S/C18H30N4O7S/c1-8(24)19-14-16(27)15(26)10(6-23)29-17(14)21-12(25)5-3-2-4-11-13-9(7-30-11)20-18(28)22-13/h9-11,13-17,23,26-27H,2-7H2,1H3,(H,19,24)(H,21,25)(H2,20,22,28)/t9-,10+,11-,13-,14+,15+,16+,17?/m0/s1. The highest BCUT2D eigenvalue weighted by Crippen LogP contribution is 2.33. The number of fused-ring (bicyclic) bond motifs is 1. The Labute approximate surface area is 178 Å². The molecule has 4 amide bonds. The molecule has 3 heterocycles. The third kappa shape index (κ3) is 5.35. The lowest BCUT2D eigenvalue weighted by molar-refractivity contribution is -0.203. The van der Waals surface area contributed by atoms with Gasteiger partial charge in [-0.3, -0.25) is 9.59 Å². The zero-order valence-electron chi connectivity index (χ0n) is 16.7. The van der Waals surface area contributed by atoms with E-state index in [1.165, 1.54) is 6.92 Å². The molecule has 0 saturated carbocycles. The third-order valence-electron chi connectivity index (χ3n) is 5.68. The molecule has 0 aromatic heterocycles. The van der Waals surface area contributed by atoms with Gasteiger partial charge in [0.2, 0.25) is 11.8 Å². The molecule has 3 fully saturated rings. The van der Waals surface area contributed by atoms with Crippen LogP contribution in [0.15, 0.2) is 0 Å². The van der Waals surface area contributed by atoms with Gasteiger partial charge in [-0.2, -0.15) is 11.8 Å². The number of thioether (sulfide) groups is 1. The van der Waals surface area contributed by atoms with E-state index in [0.29, 0.717) is 11.7 Å². The first-order valence-corrected chi connectivity index (χ1v) is 11.2. The maximum absolute atomic E-state index is 12.4. The lowest BCUT2D eigenvalue weighted by atomic mass is 9.95. The van der Waals surface area contributed by atoms with Crippen molar-refractivity contribution in [1.29, 1.82) is 0 Å². The Morgan fingerprint density at radius 2 is 1.97 bits per heavy atom. The molecule has 0 aromatic rings. The monoisotopic (exact) mass is 446 g/mol. The van der Waals surface area contributed by atoms with Gasteiger partial charge in [-0.15, -0.1) is 0 Å². The van der Waals surface area contributed by atoms with Crippen LogP contribution in [0.4, 0.5) is 4.79 Å². The number of amides is 4. The first kappa shape index (κ1) is 23.1. The van der Waals surface area contributed by atoms with Gasteiger partial charge in [0.05, 0.1) is 18.7 Å². The van der Waals surface area contributed by atoms with Crippen molar-refractivity contribution in [3.63, 3.8) is 0 Å². The Hall–Kier alpha value is -1.60. The summed E-state index contributed by atoms with van der Waals surface area (Å²) in [5.41, 5.74) is 0. The van der Waals surface area contributed by atoms with Crippen molar-refractivity contribution in [2.24, 2.45) is 0 Å². The topological polar surface area (TPSA) is 169 Å². The number of hydrogen-bond acceptors (Lipinski definition) is 8. The summed E-state index contributed by atoms with van der Waals surface area (Å²) < 4.78 is 5.49. The van der Waals surface area contributed by atoms with Gasteiger partial charge >= 0.3 is 6.03 Å². The molecule has 3 aliphatic rings. The Morgan fingerprint density at radius 3 is 2.67 bits per heavy atom. The molecule has 8 atom stereocenters. The summed E-state index contributed by atoms with van der Waals surface area (Å²) in [7, 11) is 0. The van der Waals surface area contributed by atoms with Crippen molar-refractivity contribution in [3.05, 3.63) is 0 Å². The summed E-state index contributed by atoms with van der Waals surface area (Å²) in [4.78, 5) is 35.2. The highest BCUT2D eigenvalue weighted by Gasteiger charge is 2.45. The lowest BCUT2D eigenvalue weighted by Gasteiger charge is -2.42. The van der Waals surface area contributed by atoms with Crippen molar-refractivity contribution >= 4 is 29.6 Å². The maximum atomic E-state index is 12.4. The van der Waals surface area contributed by atoms with Crippen LogP contribution in [0.3, 0.4) is 0 Å². The van der Waals surface area contributed by atoms with Gasteiger partial charge in [-0.05, 0) is 12.8 Å². The van der Waals surface area contributed by atoms with E-state index in [1.807, 2.05) is 11.8 Å². The molecule has 11 nitrogen and oxygen atoms in total. The zero-order valence-corrected chi connectivity index (χ0v) is 17.6. The van der Waals surface area contributed by atoms with E-state index in [4.69, 9.17) is 4.74 Å². The highest BCUT2D eigenvalue weighted by atomic mass is 32.2. The number of aliphatic hydroxyl groups is 3. The molecule has 3 aliphatic heterocycles. The maximum Gasteiger partial charge on any atom is 0.315 e. The van der Waals surface area contributed by atoms with Gasteiger partial charge in [0.15, 0.2) is 6.23 Å². The lowest BCUT2D eigenvalue weighted by Crippen LogP contribution is -2.68. The number of nitrogens with one attached hydrogen (secondary N) is 4. The summed E-state index contributed by atoms with van der Waals surface area (Å²) in [6.45, 7) is 0.716. The van der Waals surface area contributed by atoms with Crippen molar-refractivity contribution in [2.75, 3.05) is 12.4 Å². The summed E-state index contributed by atoms with van der Waals surface area (Å²) in [6, 6.07) is -0.848. The van der Waals surface area contributed by atoms with Gasteiger partial charge in [-0.1, -0.05) is 6.42 Å². The van der Waals surface area contributed by atoms with Gasteiger partial charge in [-0.25, -0.2) is 4.79 Å². The molecule has 170 valence electrons. The van der Waals surface area contributed by atoms with Gasteiger partial charge in [0, 0.05) is 24.3 Å². The van der Waals surface area contributed by atoms with Crippen molar-refractivity contribution in [3.8, 4) is 0 Å². The molecule has 30 heavy (non-hydrogen) atoms. The largest absolute Gasteiger partial charge is 0.394 e. The van der Waals surface area contributed by atoms with E-state index in [1.54, 1.807) is 0 Å². The molecule has 1 unspecified atom stereocenters. The number of carbonyl (C=O) groups is 3. The molecule has 7 N–H and O–H groups in total. The summed E-state index contributed by atoms with van der Waals surface area (Å²) in [5.74, 6) is 0.124. The summed E-state index contributed by atoms with van der Waals surface area (Å²) >= 11 is 1.82. The molecule has 0 aromatic carbocycles. The molecular formula is C18H30N4O7S. The van der Waals surface area contributed by atoms with Crippen molar-refractivity contribution < 1.29 is 34.4 Å². The average Bonchev–Trinajstić information content (AvgIpc) is 3.23. The zero-order chi connectivity index (χ0) is 21.8. The number of aliphatic hydroxyl groups excluding tert-OH is 3. The van der Waals surface area contributed by atoms with Gasteiger partial charge < -0.3 is 41.3 Å². The Kier molecular flexibility index (Phi) is 7.80. The second-order valence-electron chi connectivity index (χ2n) is 7.92. The molecule has 0 radical (unpaired) electrons. The van der Waals surface area contributed by atoms with Crippen LogP contribution in [0.1, 0.15) is 32.6 Å². The molecule has 12 heteroatoms. The molecule has 3 rings (SSSR count). The van der Waals surface area contributed by atoms with Crippen molar-refractivity contribution in [2.45, 2.75) is 80.5 Å². The molecule has 3 saturated heterocycles. The third-order valence-corrected chi connectivity index (χ3v) is 7.19. The highest BCUT2D eigenvalue weighted by molar-refractivity contribution is 8.00. The minimum absolute atomic E-state index is 0.121. The fourth-order valence-corrected chi connectivity index (χ4v) is 5.68. The Balaban J connectivity index is 1.44. The van der Waals surface area contributed by atoms with E-state index in [2.05, 4.69) is 21.3 Å². The average molecular weight is 447 g/mol. The first-order valence-electron chi connectivity index (χ1n) is 10.2. The second kappa shape index (κ2) is 10.1. The number of ether oxygens (including phenoxy) is 1. The predicted octanol–water partition coefficient (Wildman–Crippen LogP) is -2.23. The van der Waals surface area contributed by atoms with E-state index in [-0.39, 0.29) is 30.4 Å². The number of carbonyl (C=O) groups excluding carboxylic acids is 3. The van der Waals surface area contributed by atoms with Crippen LogP contribution in [-0.2, 0) is 14.3 Å².